The minimum atomic E-state index is -1.24. The number of carboxylic acid groups (broad SMARTS) is 1. The smallest absolute Gasteiger partial charge is 0.339 e. The van der Waals surface area contributed by atoms with E-state index in [0.717, 1.165) is 5.57 Å². The molecule has 128 valence electrons. The average Bonchev–Trinajstić information content (AvgIpc) is 2.53. The van der Waals surface area contributed by atoms with Crippen molar-refractivity contribution < 1.29 is 24.2 Å². The van der Waals surface area contributed by atoms with Crippen LogP contribution in [0.5, 0.6) is 0 Å². The second-order valence-electron chi connectivity index (χ2n) is 6.05. The SMILES string of the molecule is COC(=O)c1ccccc1NC(=O)[C@H]1CC(C)=C[C@H](C)[C@H]1C(=O)[O-]. The third-order valence-electron chi connectivity index (χ3n) is 4.29. The molecule has 0 spiro atoms. The number of para-hydroxylation sites is 1. The Morgan fingerprint density at radius 2 is 1.92 bits per heavy atom. The molecule has 24 heavy (non-hydrogen) atoms. The average molecular weight is 330 g/mol. The summed E-state index contributed by atoms with van der Waals surface area (Å²) in [5, 5.41) is 14.1. The molecule has 1 aromatic rings. The highest BCUT2D eigenvalue weighted by Gasteiger charge is 2.36. The van der Waals surface area contributed by atoms with Gasteiger partial charge in [0.1, 0.15) is 0 Å². The molecule has 0 radical (unpaired) electrons. The van der Waals surface area contributed by atoms with Gasteiger partial charge in [-0.15, -0.1) is 0 Å². The Morgan fingerprint density at radius 1 is 1.25 bits per heavy atom. The fourth-order valence-corrected chi connectivity index (χ4v) is 3.20. The van der Waals surface area contributed by atoms with Gasteiger partial charge in [0.25, 0.3) is 0 Å². The molecule has 1 aliphatic carbocycles. The Morgan fingerprint density at radius 3 is 2.54 bits per heavy atom. The van der Waals surface area contributed by atoms with Crippen LogP contribution in [0.1, 0.15) is 30.6 Å². The van der Waals surface area contributed by atoms with Gasteiger partial charge in [-0.1, -0.05) is 30.7 Å². The van der Waals surface area contributed by atoms with Crippen molar-refractivity contribution in [2.24, 2.45) is 17.8 Å². The second kappa shape index (κ2) is 7.29. The van der Waals surface area contributed by atoms with Crippen molar-refractivity contribution >= 4 is 23.5 Å². The number of hydrogen-bond acceptors (Lipinski definition) is 5. The number of allylic oxidation sites excluding steroid dienone is 2. The van der Waals surface area contributed by atoms with Gasteiger partial charge in [0, 0.05) is 11.9 Å². The number of hydrogen-bond donors (Lipinski definition) is 1. The van der Waals surface area contributed by atoms with Gasteiger partial charge in [0.2, 0.25) is 5.91 Å². The summed E-state index contributed by atoms with van der Waals surface area (Å²) in [5.41, 5.74) is 1.47. The van der Waals surface area contributed by atoms with Crippen LogP contribution in [0, 0.1) is 17.8 Å². The zero-order chi connectivity index (χ0) is 17.9. The van der Waals surface area contributed by atoms with E-state index in [4.69, 9.17) is 4.74 Å². The summed E-state index contributed by atoms with van der Waals surface area (Å²) in [6, 6.07) is 6.44. The Labute approximate surface area is 140 Å². The van der Waals surface area contributed by atoms with Crippen LogP contribution in [0.2, 0.25) is 0 Å². The molecule has 1 aromatic carbocycles. The van der Waals surface area contributed by atoms with E-state index in [1.165, 1.54) is 13.2 Å². The second-order valence-corrected chi connectivity index (χ2v) is 6.05. The predicted octanol–water partition coefficient (Wildman–Crippen LogP) is 1.38. The minimum absolute atomic E-state index is 0.217. The maximum Gasteiger partial charge on any atom is 0.339 e. The van der Waals surface area contributed by atoms with Gasteiger partial charge in [-0.3, -0.25) is 4.79 Å². The molecule has 2 rings (SSSR count). The van der Waals surface area contributed by atoms with Gasteiger partial charge in [0.05, 0.1) is 24.3 Å². The third-order valence-corrected chi connectivity index (χ3v) is 4.29. The summed E-state index contributed by atoms with van der Waals surface area (Å²) >= 11 is 0. The van der Waals surface area contributed by atoms with E-state index in [0.29, 0.717) is 12.1 Å². The van der Waals surface area contributed by atoms with Crippen molar-refractivity contribution in [2.45, 2.75) is 20.3 Å². The molecule has 1 amide bonds. The summed E-state index contributed by atoms with van der Waals surface area (Å²) in [4.78, 5) is 35.9. The van der Waals surface area contributed by atoms with Crippen molar-refractivity contribution in [3.8, 4) is 0 Å². The van der Waals surface area contributed by atoms with E-state index in [1.54, 1.807) is 25.1 Å². The molecule has 0 aromatic heterocycles. The van der Waals surface area contributed by atoms with Gasteiger partial charge in [-0.2, -0.15) is 0 Å². The van der Waals surface area contributed by atoms with E-state index in [-0.39, 0.29) is 11.5 Å². The number of anilines is 1. The van der Waals surface area contributed by atoms with Gasteiger partial charge in [-0.25, -0.2) is 4.79 Å². The minimum Gasteiger partial charge on any atom is -0.550 e. The van der Waals surface area contributed by atoms with E-state index in [2.05, 4.69) is 5.32 Å². The van der Waals surface area contributed by atoms with Gasteiger partial charge in [-0.05, 0) is 31.4 Å². The Kier molecular flexibility index (Phi) is 5.39. The van der Waals surface area contributed by atoms with Crippen molar-refractivity contribution in [2.75, 3.05) is 12.4 Å². The largest absolute Gasteiger partial charge is 0.550 e. The molecule has 0 bridgehead atoms. The van der Waals surface area contributed by atoms with Crippen molar-refractivity contribution in [3.05, 3.63) is 41.5 Å². The first-order valence-corrected chi connectivity index (χ1v) is 7.71. The number of ether oxygens (including phenoxy) is 1. The fraction of sp³-hybridized carbons (Fsp3) is 0.389. The Bertz CT molecular complexity index is 694. The van der Waals surface area contributed by atoms with Gasteiger partial charge >= 0.3 is 5.97 Å². The first-order chi connectivity index (χ1) is 11.3. The number of nitrogens with one attached hydrogen (secondary N) is 1. The molecule has 0 heterocycles. The topological polar surface area (TPSA) is 95.5 Å². The quantitative estimate of drug-likeness (QED) is 0.665. The molecule has 3 atom stereocenters. The first kappa shape index (κ1) is 17.7. The maximum atomic E-state index is 12.7. The number of benzene rings is 1. The molecule has 0 fully saturated rings. The van der Waals surface area contributed by atoms with Crippen LogP contribution in [0.25, 0.3) is 0 Å². The number of carboxylic acids is 1. The Hall–Kier alpha value is -2.63. The third kappa shape index (κ3) is 3.64. The molecule has 1 aliphatic rings. The monoisotopic (exact) mass is 330 g/mol. The molecule has 0 unspecified atom stereocenters. The van der Waals surface area contributed by atoms with Crippen molar-refractivity contribution in [1.29, 1.82) is 0 Å². The molecule has 6 heteroatoms. The molecule has 1 N–H and O–H groups in total. The first-order valence-electron chi connectivity index (χ1n) is 7.71. The predicted molar refractivity (Wildman–Crippen MR) is 85.9 cm³/mol. The van der Waals surface area contributed by atoms with Crippen LogP contribution >= 0.6 is 0 Å². The number of amides is 1. The van der Waals surface area contributed by atoms with Gasteiger partial charge in [0.15, 0.2) is 0 Å². The lowest BCUT2D eigenvalue weighted by Crippen LogP contribution is -2.45. The number of esters is 1. The van der Waals surface area contributed by atoms with E-state index >= 15 is 0 Å². The summed E-state index contributed by atoms with van der Waals surface area (Å²) in [7, 11) is 1.25. The lowest BCUT2D eigenvalue weighted by atomic mass is 9.73. The summed E-state index contributed by atoms with van der Waals surface area (Å²) in [6.07, 6.45) is 2.20. The van der Waals surface area contributed by atoms with Crippen LogP contribution in [0.4, 0.5) is 5.69 Å². The van der Waals surface area contributed by atoms with E-state index in [9.17, 15) is 19.5 Å². The van der Waals surface area contributed by atoms with Crippen LogP contribution in [-0.4, -0.2) is 25.0 Å². The summed E-state index contributed by atoms with van der Waals surface area (Å²) in [6.45, 7) is 3.62. The van der Waals surface area contributed by atoms with Crippen LogP contribution < -0.4 is 10.4 Å². The van der Waals surface area contributed by atoms with E-state index in [1.807, 2.05) is 13.0 Å². The van der Waals surface area contributed by atoms with Gasteiger partial charge < -0.3 is 20.0 Å². The number of carbonyl (C=O) groups excluding carboxylic acids is 3. The summed E-state index contributed by atoms with van der Waals surface area (Å²) in [5.74, 6) is -4.21. The molecular weight excluding hydrogens is 310 g/mol. The molecule has 0 saturated heterocycles. The molecule has 0 aliphatic heterocycles. The number of rotatable bonds is 4. The summed E-state index contributed by atoms with van der Waals surface area (Å²) < 4.78 is 4.69. The molecule has 0 saturated carbocycles. The van der Waals surface area contributed by atoms with Crippen molar-refractivity contribution in [1.82, 2.24) is 0 Å². The van der Waals surface area contributed by atoms with E-state index < -0.39 is 29.7 Å². The normalized spacial score (nSPS) is 23.1. The standard InChI is InChI=1S/C18H21NO5/c1-10-8-11(2)15(17(21)22)13(9-10)16(20)19-14-7-5-4-6-12(14)18(23)24-3/h4-8,11,13,15H,9H2,1-3H3,(H,19,20)(H,21,22)/p-1/t11-,13-,15+/m0/s1. The van der Waals surface area contributed by atoms with Crippen LogP contribution in [0.15, 0.2) is 35.9 Å². The van der Waals surface area contributed by atoms with Crippen molar-refractivity contribution in [3.63, 3.8) is 0 Å². The molecule has 6 nitrogen and oxygen atoms in total. The Balaban J connectivity index is 2.28. The highest BCUT2D eigenvalue weighted by atomic mass is 16.5. The number of carbonyl (C=O) groups is 3. The highest BCUT2D eigenvalue weighted by Crippen LogP contribution is 2.34. The lowest BCUT2D eigenvalue weighted by molar-refractivity contribution is -0.314. The number of aliphatic carboxylic acids is 1. The van der Waals surface area contributed by atoms with Crippen LogP contribution in [0.3, 0.4) is 0 Å². The zero-order valence-corrected chi connectivity index (χ0v) is 13.9. The number of methoxy groups -OCH3 is 1. The highest BCUT2D eigenvalue weighted by molar-refractivity contribution is 6.02. The van der Waals surface area contributed by atoms with Crippen LogP contribution in [-0.2, 0) is 14.3 Å². The lowest BCUT2D eigenvalue weighted by Gasteiger charge is -2.35. The zero-order valence-electron chi connectivity index (χ0n) is 13.9. The molecular formula is C18H20NO5-. The fourth-order valence-electron chi connectivity index (χ4n) is 3.20. The maximum absolute atomic E-state index is 12.7.